The third-order valence-electron chi connectivity index (χ3n) is 7.21. The van der Waals surface area contributed by atoms with Gasteiger partial charge in [0.1, 0.15) is 0 Å². The smallest absolute Gasteiger partial charge is 0.0912 e. The van der Waals surface area contributed by atoms with Gasteiger partial charge in [-0.05, 0) is 49.4 Å². The van der Waals surface area contributed by atoms with Crippen LogP contribution in [0.4, 0.5) is 0 Å². The Labute approximate surface area is 169 Å². The Kier molecular flexibility index (Phi) is 11.6. The topological polar surface area (TPSA) is 23.8 Å². The number of unbranched alkanes of at least 4 members (excludes halogenated alkanes) is 3. The van der Waals surface area contributed by atoms with E-state index in [-0.39, 0.29) is 0 Å². The summed E-state index contributed by atoms with van der Waals surface area (Å²) in [5.74, 6) is 3.85. The monoisotopic (exact) mass is 369 g/mol. The molecule has 0 atom stereocenters. The highest BCUT2D eigenvalue weighted by Crippen LogP contribution is 2.36. The molecule has 0 radical (unpaired) electrons. The highest BCUT2D eigenvalue weighted by Gasteiger charge is 2.21. The molecule has 0 amide bonds. The molecule has 0 heterocycles. The molecular formula is C26H43N. The maximum absolute atomic E-state index is 8.50. The lowest BCUT2D eigenvalue weighted by atomic mass is 9.77. The zero-order chi connectivity index (χ0) is 19.2. The molecule has 2 fully saturated rings. The van der Waals surface area contributed by atoms with Gasteiger partial charge >= 0.3 is 0 Å². The van der Waals surface area contributed by atoms with E-state index in [9.17, 15) is 0 Å². The quantitative estimate of drug-likeness (QED) is 0.204. The summed E-state index contributed by atoms with van der Waals surface area (Å²) in [4.78, 5) is 0. The van der Waals surface area contributed by atoms with Gasteiger partial charge in [0.2, 0.25) is 0 Å². The molecule has 0 N–H and O–H groups in total. The first-order valence-electron chi connectivity index (χ1n) is 12.0. The van der Waals surface area contributed by atoms with Crippen LogP contribution < -0.4 is 0 Å². The Morgan fingerprint density at radius 2 is 1.19 bits per heavy atom. The Morgan fingerprint density at radius 3 is 1.67 bits per heavy atom. The van der Waals surface area contributed by atoms with E-state index >= 15 is 0 Å². The van der Waals surface area contributed by atoms with Crippen LogP contribution in [0.3, 0.4) is 0 Å². The molecule has 0 aromatic rings. The number of nitrogens with zero attached hydrogens (tertiary/aromatic N) is 1. The van der Waals surface area contributed by atoms with Gasteiger partial charge in [-0.2, -0.15) is 5.26 Å². The van der Waals surface area contributed by atoms with E-state index in [1.165, 1.54) is 103 Å². The molecule has 152 valence electrons. The van der Waals surface area contributed by atoms with Crippen molar-refractivity contribution in [3.8, 4) is 6.07 Å². The Balaban J connectivity index is 1.47. The number of hydrogen-bond acceptors (Lipinski definition) is 1. The van der Waals surface area contributed by atoms with Gasteiger partial charge in [0.15, 0.2) is 0 Å². The average Bonchev–Trinajstić information content (AvgIpc) is 2.71. The van der Waals surface area contributed by atoms with Gasteiger partial charge in [0.05, 0.1) is 6.07 Å². The molecule has 1 nitrogen and oxygen atoms in total. The normalized spacial score (nSPS) is 29.3. The zero-order valence-corrected chi connectivity index (χ0v) is 17.9. The van der Waals surface area contributed by atoms with Crippen LogP contribution in [0.1, 0.15) is 110 Å². The summed E-state index contributed by atoms with van der Waals surface area (Å²) in [5.41, 5.74) is 0. The Morgan fingerprint density at radius 1 is 0.704 bits per heavy atom. The number of allylic oxidation sites excluding steroid dienone is 4. The first-order valence-corrected chi connectivity index (χ1v) is 12.0. The van der Waals surface area contributed by atoms with Crippen LogP contribution in [-0.2, 0) is 0 Å². The first-order chi connectivity index (χ1) is 13.3. The van der Waals surface area contributed by atoms with Gasteiger partial charge in [-0.25, -0.2) is 0 Å². The molecule has 2 aliphatic carbocycles. The van der Waals surface area contributed by atoms with Crippen molar-refractivity contribution in [2.75, 3.05) is 0 Å². The predicted molar refractivity (Wildman–Crippen MR) is 117 cm³/mol. The summed E-state index contributed by atoms with van der Waals surface area (Å²) >= 11 is 0. The fourth-order valence-corrected chi connectivity index (χ4v) is 5.35. The highest BCUT2D eigenvalue weighted by atomic mass is 14.3. The molecule has 0 aromatic carbocycles. The molecule has 0 unspecified atom stereocenters. The molecule has 0 saturated heterocycles. The lowest BCUT2D eigenvalue weighted by Gasteiger charge is -2.29. The van der Waals surface area contributed by atoms with E-state index in [1.807, 2.05) is 12.1 Å². The van der Waals surface area contributed by atoms with Crippen molar-refractivity contribution in [1.29, 1.82) is 5.26 Å². The van der Waals surface area contributed by atoms with Crippen molar-refractivity contribution in [2.24, 2.45) is 23.7 Å². The van der Waals surface area contributed by atoms with Crippen LogP contribution >= 0.6 is 0 Å². The molecule has 1 heteroatoms. The summed E-state index contributed by atoms with van der Waals surface area (Å²) in [6.45, 7) is 2.32. The lowest BCUT2D eigenvalue weighted by molar-refractivity contribution is 0.239. The second kappa shape index (κ2) is 14.0. The van der Waals surface area contributed by atoms with Crippen molar-refractivity contribution in [1.82, 2.24) is 0 Å². The third kappa shape index (κ3) is 9.64. The Bertz CT molecular complexity index is 453. The molecule has 0 spiro atoms. The molecule has 2 aliphatic rings. The van der Waals surface area contributed by atoms with E-state index in [4.69, 9.17) is 5.26 Å². The van der Waals surface area contributed by atoms with Gasteiger partial charge in [-0.1, -0.05) is 102 Å². The van der Waals surface area contributed by atoms with E-state index in [0.717, 1.165) is 23.7 Å². The molecule has 0 aliphatic heterocycles. The van der Waals surface area contributed by atoms with Crippen LogP contribution in [0.5, 0.6) is 0 Å². The van der Waals surface area contributed by atoms with Crippen LogP contribution in [-0.4, -0.2) is 0 Å². The fraction of sp³-hybridized carbons (Fsp3) is 0.808. The SMILES string of the molecule is CCCCC[C@H]1CC[C@H](CCCC[C@H]2CC[C@H](/C=C/C=C/C#N)CC2)CC1. The van der Waals surface area contributed by atoms with E-state index in [0.29, 0.717) is 0 Å². The molecule has 27 heavy (non-hydrogen) atoms. The van der Waals surface area contributed by atoms with E-state index < -0.39 is 0 Å². The second-order valence-electron chi connectivity index (χ2n) is 9.32. The first kappa shape index (κ1) is 22.3. The van der Waals surface area contributed by atoms with Gasteiger partial charge in [-0.15, -0.1) is 0 Å². The minimum atomic E-state index is 0.747. The van der Waals surface area contributed by atoms with Gasteiger partial charge in [0.25, 0.3) is 0 Å². The Hall–Kier alpha value is -1.03. The fourth-order valence-electron chi connectivity index (χ4n) is 5.35. The predicted octanol–water partition coefficient (Wildman–Crippen LogP) is 8.38. The van der Waals surface area contributed by atoms with E-state index in [2.05, 4.69) is 19.1 Å². The molecule has 2 rings (SSSR count). The van der Waals surface area contributed by atoms with Crippen LogP contribution in [0.15, 0.2) is 24.3 Å². The maximum Gasteiger partial charge on any atom is 0.0912 e. The van der Waals surface area contributed by atoms with Crippen molar-refractivity contribution < 1.29 is 0 Å². The lowest BCUT2D eigenvalue weighted by Crippen LogP contribution is -2.15. The van der Waals surface area contributed by atoms with Crippen LogP contribution in [0, 0.1) is 35.0 Å². The number of nitriles is 1. The summed E-state index contributed by atoms with van der Waals surface area (Å²) in [6.07, 6.45) is 31.1. The molecule has 0 aromatic heterocycles. The second-order valence-corrected chi connectivity index (χ2v) is 9.32. The highest BCUT2D eigenvalue weighted by molar-refractivity contribution is 5.12. The third-order valence-corrected chi connectivity index (χ3v) is 7.21. The van der Waals surface area contributed by atoms with E-state index in [1.54, 1.807) is 6.08 Å². The number of rotatable bonds is 11. The summed E-state index contributed by atoms with van der Waals surface area (Å²) in [5, 5.41) is 8.50. The van der Waals surface area contributed by atoms with Crippen molar-refractivity contribution in [3.63, 3.8) is 0 Å². The van der Waals surface area contributed by atoms with Crippen molar-refractivity contribution >= 4 is 0 Å². The average molecular weight is 370 g/mol. The molecule has 2 saturated carbocycles. The minimum Gasteiger partial charge on any atom is -0.193 e. The van der Waals surface area contributed by atoms with Crippen molar-refractivity contribution in [2.45, 2.75) is 110 Å². The molecular weight excluding hydrogens is 326 g/mol. The summed E-state index contributed by atoms with van der Waals surface area (Å²) in [6, 6.07) is 2.05. The van der Waals surface area contributed by atoms with Gasteiger partial charge < -0.3 is 0 Å². The summed E-state index contributed by atoms with van der Waals surface area (Å²) in [7, 11) is 0. The number of hydrogen-bond donors (Lipinski definition) is 0. The van der Waals surface area contributed by atoms with Crippen LogP contribution in [0.25, 0.3) is 0 Å². The molecule has 0 bridgehead atoms. The standard InChI is InChI=1S/C26H43N/c1-2-3-5-10-23-14-18-25(19-15-23)12-7-8-13-26-20-16-24(17-21-26)11-6-4-9-22-27/h4,6,9,11,23-26H,2-3,5,7-8,10,12-21H2,1H3/b9-4+,11-6+/t23-,24-,25-,26-. The van der Waals surface area contributed by atoms with Crippen molar-refractivity contribution in [3.05, 3.63) is 24.3 Å². The van der Waals surface area contributed by atoms with Crippen LogP contribution in [0.2, 0.25) is 0 Å². The van der Waals surface area contributed by atoms with Gasteiger partial charge in [0, 0.05) is 6.08 Å². The summed E-state index contributed by atoms with van der Waals surface area (Å²) < 4.78 is 0. The largest absolute Gasteiger partial charge is 0.193 e. The zero-order valence-electron chi connectivity index (χ0n) is 17.9. The van der Waals surface area contributed by atoms with Gasteiger partial charge in [-0.3, -0.25) is 0 Å². The minimum absolute atomic E-state index is 0.747. The maximum atomic E-state index is 8.50.